The Bertz CT molecular complexity index is 1570. The quantitative estimate of drug-likeness (QED) is 0.258. The van der Waals surface area contributed by atoms with Gasteiger partial charge in [0.2, 0.25) is 24.6 Å². The maximum atomic E-state index is 13.0. The van der Waals surface area contributed by atoms with Gasteiger partial charge in [0, 0.05) is 17.9 Å². The number of hydrogen-bond acceptors (Lipinski definition) is 13. The molecule has 4 aromatic rings. The van der Waals surface area contributed by atoms with Crippen molar-refractivity contribution in [3.8, 4) is 23.0 Å². The molecule has 5 atom stereocenters. The van der Waals surface area contributed by atoms with Crippen molar-refractivity contribution in [1.29, 1.82) is 0 Å². The van der Waals surface area contributed by atoms with Gasteiger partial charge in [-0.05, 0) is 12.1 Å². The fourth-order valence-corrected chi connectivity index (χ4v) is 4.45. The summed E-state index contributed by atoms with van der Waals surface area (Å²) in [4.78, 5) is 25.9. The number of methoxy groups -OCH3 is 2. The summed E-state index contributed by atoms with van der Waals surface area (Å²) in [5, 5.41) is 31.1. The molecule has 2 aromatic heterocycles. The fourth-order valence-electron chi connectivity index (χ4n) is 4.45. The van der Waals surface area contributed by atoms with Crippen LogP contribution in [0.25, 0.3) is 32.7 Å². The molecule has 2 aliphatic rings. The number of ether oxygens (including phenoxy) is 6. The van der Waals surface area contributed by atoms with E-state index in [1.54, 1.807) is 0 Å². The Balaban J connectivity index is 1.59. The van der Waals surface area contributed by atoms with E-state index in [4.69, 9.17) is 37.3 Å². The number of benzene rings is 2. The molecular formula is C22H18O13. The highest BCUT2D eigenvalue weighted by Gasteiger charge is 2.45. The van der Waals surface area contributed by atoms with Crippen LogP contribution in [0, 0.1) is 0 Å². The molecule has 0 aliphatic carbocycles. The van der Waals surface area contributed by atoms with Gasteiger partial charge in [0.05, 0.1) is 17.9 Å². The molecule has 3 N–H and O–H groups in total. The van der Waals surface area contributed by atoms with E-state index >= 15 is 0 Å². The van der Waals surface area contributed by atoms with Crippen molar-refractivity contribution in [2.24, 2.45) is 0 Å². The number of aliphatic hydroxyl groups excluding tert-OH is 3. The van der Waals surface area contributed by atoms with Gasteiger partial charge in [-0.2, -0.15) is 0 Å². The van der Waals surface area contributed by atoms with Gasteiger partial charge in [0.25, 0.3) is 0 Å². The third kappa shape index (κ3) is 3.00. The Kier molecular flexibility index (Phi) is 4.81. The number of aliphatic hydroxyl groups is 3. The molecule has 2 aliphatic heterocycles. The summed E-state index contributed by atoms with van der Waals surface area (Å²) < 4.78 is 43.4. The largest absolute Gasteiger partial charge is 0.490 e. The van der Waals surface area contributed by atoms with Gasteiger partial charge in [0.15, 0.2) is 29.0 Å². The van der Waals surface area contributed by atoms with Crippen LogP contribution >= 0.6 is 0 Å². The van der Waals surface area contributed by atoms with Crippen molar-refractivity contribution >= 4 is 32.7 Å². The topological polar surface area (TPSA) is 176 Å². The van der Waals surface area contributed by atoms with Gasteiger partial charge in [-0.1, -0.05) is 0 Å². The maximum absolute atomic E-state index is 13.0. The third-order valence-corrected chi connectivity index (χ3v) is 6.11. The van der Waals surface area contributed by atoms with Crippen LogP contribution in [-0.4, -0.2) is 67.2 Å². The van der Waals surface area contributed by atoms with Crippen molar-refractivity contribution in [2.75, 3.05) is 21.0 Å². The van der Waals surface area contributed by atoms with E-state index in [0.29, 0.717) is 0 Å². The van der Waals surface area contributed by atoms with Crippen LogP contribution in [0.4, 0.5) is 0 Å². The van der Waals surface area contributed by atoms with E-state index in [1.165, 1.54) is 26.4 Å². The molecule has 0 amide bonds. The van der Waals surface area contributed by atoms with E-state index in [2.05, 4.69) is 0 Å². The van der Waals surface area contributed by atoms with Crippen LogP contribution in [0.1, 0.15) is 0 Å². The molecule has 184 valence electrons. The first-order valence-corrected chi connectivity index (χ1v) is 10.4. The summed E-state index contributed by atoms with van der Waals surface area (Å²) in [6.07, 6.45) is -7.77. The Morgan fingerprint density at radius 3 is 2.23 bits per heavy atom. The minimum Gasteiger partial charge on any atom is -0.490 e. The van der Waals surface area contributed by atoms with E-state index in [-0.39, 0.29) is 62.5 Å². The second-order valence-electron chi connectivity index (χ2n) is 8.00. The fraction of sp³-hybridized carbons (Fsp3) is 0.364. The van der Waals surface area contributed by atoms with Crippen molar-refractivity contribution in [1.82, 2.24) is 0 Å². The van der Waals surface area contributed by atoms with Crippen molar-refractivity contribution in [3.63, 3.8) is 0 Å². The summed E-state index contributed by atoms with van der Waals surface area (Å²) in [5.41, 5.74) is -1.67. The average molecular weight is 490 g/mol. The average Bonchev–Trinajstić information content (AvgIpc) is 3.32. The second kappa shape index (κ2) is 7.69. The molecule has 0 radical (unpaired) electrons. The Morgan fingerprint density at radius 2 is 1.51 bits per heavy atom. The van der Waals surface area contributed by atoms with Gasteiger partial charge in [-0.25, -0.2) is 9.59 Å². The van der Waals surface area contributed by atoms with Gasteiger partial charge >= 0.3 is 11.3 Å². The molecule has 0 spiro atoms. The van der Waals surface area contributed by atoms with Crippen molar-refractivity contribution in [2.45, 2.75) is 30.9 Å². The van der Waals surface area contributed by atoms with E-state index in [1.807, 2.05) is 0 Å². The van der Waals surface area contributed by atoms with Crippen molar-refractivity contribution in [3.05, 3.63) is 33.0 Å². The highest BCUT2D eigenvalue weighted by molar-refractivity contribution is 6.22. The highest BCUT2D eigenvalue weighted by atomic mass is 16.8. The smallest absolute Gasteiger partial charge is 0.344 e. The molecule has 2 aromatic carbocycles. The zero-order chi connectivity index (χ0) is 24.6. The second-order valence-corrected chi connectivity index (χ2v) is 8.00. The molecule has 1 saturated heterocycles. The minimum absolute atomic E-state index is 0.0206. The molecule has 0 saturated carbocycles. The van der Waals surface area contributed by atoms with E-state index in [0.717, 1.165) is 0 Å². The van der Waals surface area contributed by atoms with Crippen LogP contribution in [0.15, 0.2) is 30.6 Å². The lowest BCUT2D eigenvalue weighted by Crippen LogP contribution is -2.59. The molecule has 0 bridgehead atoms. The predicted octanol–water partition coefficient (Wildman–Crippen LogP) is 0.0180. The maximum Gasteiger partial charge on any atom is 0.344 e. The first kappa shape index (κ1) is 21.9. The van der Waals surface area contributed by atoms with Crippen LogP contribution in [0.2, 0.25) is 0 Å². The van der Waals surface area contributed by atoms with Gasteiger partial charge < -0.3 is 52.6 Å². The molecular weight excluding hydrogens is 472 g/mol. The first-order chi connectivity index (χ1) is 16.8. The van der Waals surface area contributed by atoms with Crippen LogP contribution < -0.4 is 30.2 Å². The third-order valence-electron chi connectivity index (χ3n) is 6.11. The molecule has 4 heterocycles. The van der Waals surface area contributed by atoms with Crippen LogP contribution in [-0.2, 0) is 9.47 Å². The summed E-state index contributed by atoms with van der Waals surface area (Å²) in [5.74, 6) is 0.159. The summed E-state index contributed by atoms with van der Waals surface area (Å²) in [6, 6.07) is 2.71. The number of fused-ring (bicyclic) bond motifs is 2. The standard InChI is InChI=1S/C22H18O13/c1-28-15-9(32-22-14(25)12(23)13(24)21(29-2)35-22)4-7-10-11-6(19(26)33-17(10)15)3-8-16(31-5-30-8)18(11)34-20(7)27/h3-4,12-14,21-25H,5H2,1-2H3/t12-,13-,14+,21-,22+/m0/s1. The Morgan fingerprint density at radius 1 is 0.857 bits per heavy atom. The zero-order valence-electron chi connectivity index (χ0n) is 18.2. The van der Waals surface area contributed by atoms with E-state index in [9.17, 15) is 24.9 Å². The lowest BCUT2D eigenvalue weighted by molar-refractivity contribution is -0.327. The normalized spacial score (nSPS) is 26.1. The monoisotopic (exact) mass is 490 g/mol. The highest BCUT2D eigenvalue weighted by Crippen LogP contribution is 2.47. The minimum atomic E-state index is -1.70. The zero-order valence-corrected chi connectivity index (χ0v) is 18.2. The Labute approximate surface area is 193 Å². The molecule has 1 fully saturated rings. The lowest BCUT2D eigenvalue weighted by Gasteiger charge is -2.39. The van der Waals surface area contributed by atoms with Gasteiger partial charge in [-0.3, -0.25) is 0 Å². The number of hydrogen-bond donors (Lipinski definition) is 3. The summed E-state index contributed by atoms with van der Waals surface area (Å²) >= 11 is 0. The first-order valence-electron chi connectivity index (χ1n) is 10.4. The van der Waals surface area contributed by atoms with Crippen LogP contribution in [0.5, 0.6) is 23.0 Å². The lowest BCUT2D eigenvalue weighted by atomic mass is 10.0. The van der Waals surface area contributed by atoms with Crippen molar-refractivity contribution < 1.29 is 52.6 Å². The predicted molar refractivity (Wildman–Crippen MR) is 114 cm³/mol. The van der Waals surface area contributed by atoms with Gasteiger partial charge in [0.1, 0.15) is 18.3 Å². The SMILES string of the molecule is COc1c(O[C@@H]2O[C@H](OC)[C@@H](O)[C@H](O)[C@H]2O)cc2c(=O)oc3c4c(cc5c(=O)oc1c2c35)OCO4. The van der Waals surface area contributed by atoms with Gasteiger partial charge in [-0.15, -0.1) is 0 Å². The Hall–Kier alpha value is -3.62. The number of rotatable bonds is 4. The molecule has 0 unspecified atom stereocenters. The molecule has 13 nitrogen and oxygen atoms in total. The molecule has 13 heteroatoms. The summed E-state index contributed by atoms with van der Waals surface area (Å²) in [7, 11) is 2.51. The molecule has 35 heavy (non-hydrogen) atoms. The van der Waals surface area contributed by atoms with Crippen LogP contribution in [0.3, 0.4) is 0 Å². The van der Waals surface area contributed by atoms with E-state index < -0.39 is 42.1 Å². The molecule has 6 rings (SSSR count). The summed E-state index contributed by atoms with van der Waals surface area (Å²) in [6.45, 7) is -0.111.